The Labute approximate surface area is 340 Å². The molecule has 0 saturated carbocycles. The van der Waals surface area contributed by atoms with E-state index < -0.39 is 0 Å². The van der Waals surface area contributed by atoms with Crippen molar-refractivity contribution in [1.29, 1.82) is 0 Å². The molecular weight excluding hydrogens is 894 g/mol. The molecular formula is C13H12N7OV7Y3-3. The van der Waals surface area contributed by atoms with Gasteiger partial charge in [0.1, 0.15) is 0 Å². The zero-order valence-corrected chi connectivity index (χ0v) is 35.0. The molecule has 3 rings (SSSR count). The number of rotatable bonds is 3. The van der Waals surface area contributed by atoms with Gasteiger partial charge in [0, 0.05) is 247 Å². The van der Waals surface area contributed by atoms with Gasteiger partial charge in [0.25, 0.3) is 0 Å². The molecule has 31 heavy (non-hydrogen) atoms. The van der Waals surface area contributed by atoms with Crippen LogP contribution in [0.15, 0.2) is 0 Å². The van der Waals surface area contributed by atoms with Gasteiger partial charge < -0.3 is 35.0 Å². The maximum atomic E-state index is 11.1. The van der Waals surface area contributed by atoms with Crippen LogP contribution < -0.4 is 10.3 Å². The Bertz CT molecular complexity index is 854. The van der Waals surface area contributed by atoms with Crippen molar-refractivity contribution in [3.63, 3.8) is 0 Å². The first kappa shape index (κ1) is 56.0. The molecule has 18 heteroatoms. The average Bonchev–Trinajstić information content (AvgIpc) is 3.04. The smallest absolute Gasteiger partial charge is 0.206 e. The molecule has 0 aliphatic rings. The molecule has 1 N–H and O–H groups in total. The second-order valence-corrected chi connectivity index (χ2v) is 4.49. The first-order valence-corrected chi connectivity index (χ1v) is 6.42. The minimum absolute atomic E-state index is 0. The van der Waals surface area contributed by atoms with Crippen LogP contribution in [0.2, 0.25) is 0 Å². The number of hydrogen-bond acceptors (Lipinski definition) is 5. The van der Waals surface area contributed by atoms with Crippen molar-refractivity contribution in [2.24, 2.45) is 0 Å². The number of anilines is 1. The number of nitrogens with zero attached hydrogens (tertiary/aromatic N) is 6. The third-order valence-corrected chi connectivity index (χ3v) is 3.03. The van der Waals surface area contributed by atoms with Gasteiger partial charge in [-0.3, -0.25) is 4.79 Å². The third-order valence-electron chi connectivity index (χ3n) is 3.03. The van der Waals surface area contributed by atoms with Crippen LogP contribution in [0, 0.1) is 19.4 Å². The first-order chi connectivity index (χ1) is 10.1. The van der Waals surface area contributed by atoms with E-state index in [1.807, 2.05) is 13.8 Å². The summed E-state index contributed by atoms with van der Waals surface area (Å²) in [6.45, 7) is 5.33. The van der Waals surface area contributed by atoms with Gasteiger partial charge in [0.05, 0.1) is 0 Å². The summed E-state index contributed by atoms with van der Waals surface area (Å²) in [5.41, 5.74) is 3.21. The molecule has 0 fully saturated rings. The number of hydrogen-bond donors (Lipinski definition) is 1. The minimum atomic E-state index is -0.257. The van der Waals surface area contributed by atoms with Gasteiger partial charge in [-0.2, -0.15) is 0 Å². The largest absolute Gasteiger partial charge is 0.425 e. The Morgan fingerprint density at radius 2 is 1.58 bits per heavy atom. The van der Waals surface area contributed by atoms with Crippen molar-refractivity contribution in [1.82, 2.24) is 29.7 Å². The summed E-state index contributed by atoms with van der Waals surface area (Å²) in [5.74, 6) is 0.272. The van der Waals surface area contributed by atoms with Gasteiger partial charge in [-0.15, -0.1) is 11.1 Å². The van der Waals surface area contributed by atoms with Crippen LogP contribution >= 0.6 is 0 Å². The van der Waals surface area contributed by atoms with Crippen molar-refractivity contribution >= 4 is 22.9 Å². The molecule has 0 atom stereocenters. The van der Waals surface area contributed by atoms with Crippen LogP contribution in [0.1, 0.15) is 25.1 Å². The zero-order chi connectivity index (χ0) is 15.0. The van der Waals surface area contributed by atoms with Crippen LogP contribution in [0.25, 0.3) is 17.0 Å². The molecule has 0 aliphatic carbocycles. The van der Waals surface area contributed by atoms with Crippen molar-refractivity contribution in [2.75, 3.05) is 5.32 Å². The molecule has 3 aromatic rings. The fourth-order valence-electron chi connectivity index (χ4n) is 2.10. The van der Waals surface area contributed by atoms with E-state index in [4.69, 9.17) is 0 Å². The Hall–Kier alpha value is 4.63. The van der Waals surface area contributed by atoms with Gasteiger partial charge in [-0.05, 0) is 6.33 Å². The molecule has 1 amide bonds. The van der Waals surface area contributed by atoms with Crippen molar-refractivity contribution in [2.45, 2.75) is 27.2 Å². The summed E-state index contributed by atoms with van der Waals surface area (Å²) in [6, 6.07) is 0. The van der Waals surface area contributed by atoms with E-state index >= 15 is 0 Å². The number of aromatic nitrogens is 6. The fraction of sp³-hybridized carbons (Fsp3) is 0.308. The van der Waals surface area contributed by atoms with Crippen molar-refractivity contribution < 1.29 is 233 Å². The van der Waals surface area contributed by atoms with E-state index in [1.54, 1.807) is 0 Å². The van der Waals surface area contributed by atoms with Gasteiger partial charge in [0.2, 0.25) is 5.91 Å². The van der Waals surface area contributed by atoms with E-state index in [2.05, 4.69) is 42.9 Å². The number of amides is 1. The van der Waals surface area contributed by atoms with Crippen LogP contribution in [0.3, 0.4) is 0 Å². The summed E-state index contributed by atoms with van der Waals surface area (Å²) in [5, 5.41) is 6.47. The molecule has 0 unspecified atom stereocenters. The summed E-state index contributed by atoms with van der Waals surface area (Å²) in [4.78, 5) is 28.0. The average molecular weight is 906 g/mol. The van der Waals surface area contributed by atoms with Crippen molar-refractivity contribution in [3.05, 3.63) is 23.8 Å². The predicted molar refractivity (Wildman–Crippen MR) is 73.9 cm³/mol. The van der Waals surface area contributed by atoms with Crippen molar-refractivity contribution in [3.8, 4) is 5.95 Å². The summed E-state index contributed by atoms with van der Waals surface area (Å²) >= 11 is 0. The molecule has 3 aromatic heterocycles. The molecule has 0 saturated heterocycles. The molecule has 0 aromatic carbocycles. The van der Waals surface area contributed by atoms with Crippen LogP contribution in [-0.4, -0.2) is 30.6 Å². The normalized spacial score (nSPS) is 7.45. The second kappa shape index (κ2) is 27.7. The zero-order valence-electron chi connectivity index (χ0n) is 16.7. The van der Waals surface area contributed by atoms with Crippen LogP contribution in [0.4, 0.5) is 5.95 Å². The Morgan fingerprint density at radius 1 is 1.03 bits per heavy atom. The van der Waals surface area contributed by atoms with E-state index in [0.717, 1.165) is 23.2 Å². The van der Waals surface area contributed by atoms with Gasteiger partial charge in [-0.25, -0.2) is 0 Å². The molecule has 10 radical (unpaired) electrons. The number of nitrogens with one attached hydrogen (secondary N) is 1. The fourth-order valence-corrected chi connectivity index (χ4v) is 2.10. The maximum absolute atomic E-state index is 11.1. The molecule has 3 heterocycles. The van der Waals surface area contributed by atoms with Gasteiger partial charge in [0.15, 0.2) is 0 Å². The third kappa shape index (κ3) is 15.0. The topological polar surface area (TPSA) is 99.7 Å². The van der Waals surface area contributed by atoms with E-state index in [0.29, 0.717) is 11.5 Å². The predicted octanol–water partition coefficient (Wildman–Crippen LogP) is 0.572. The standard InChI is InChI=1S/C13H13N7O.7V.3Y/c1-4-9-7(2)14-5-10-11(9)19-13(18-10)20-12(15-6-16-20)17-8(3)21;;;;;;;;;;/h4H2,1-3H3,(H2,14,15,16,17,18,19,21);;;;;;;;;;/q-2;;;;;;;;;;/p-1. The molecule has 152 valence electrons. The molecule has 8 nitrogen and oxygen atoms in total. The molecule has 0 bridgehead atoms. The van der Waals surface area contributed by atoms with E-state index in [1.165, 1.54) is 11.6 Å². The van der Waals surface area contributed by atoms with E-state index in [9.17, 15) is 4.79 Å². The van der Waals surface area contributed by atoms with Crippen LogP contribution in [0.5, 0.6) is 0 Å². The number of carbonyl (C=O) groups is 1. The summed E-state index contributed by atoms with van der Waals surface area (Å²) < 4.78 is 1.32. The molecule has 0 spiro atoms. The van der Waals surface area contributed by atoms with Gasteiger partial charge in [-0.1, -0.05) is 37.7 Å². The quantitative estimate of drug-likeness (QED) is 0.387. The number of imidazole rings is 1. The monoisotopic (exact) mass is 905 g/mol. The molecule has 0 aliphatic heterocycles. The van der Waals surface area contributed by atoms with Gasteiger partial charge >= 0.3 is 0 Å². The Morgan fingerprint density at radius 3 is 2.06 bits per heavy atom. The Kier molecular flexibility index (Phi) is 49.9. The minimum Gasteiger partial charge on any atom is -0.425 e. The second-order valence-electron chi connectivity index (χ2n) is 4.49. The van der Waals surface area contributed by atoms with E-state index in [-0.39, 0.29) is 240 Å². The van der Waals surface area contributed by atoms with Crippen LogP contribution in [-0.2, 0) is 239 Å². The first-order valence-electron chi connectivity index (χ1n) is 6.42. The number of carbonyl (C=O) groups excluding carboxylic acids is 1. The number of fused-ring (bicyclic) bond motifs is 1. The number of pyridine rings is 1. The summed E-state index contributed by atoms with van der Waals surface area (Å²) in [7, 11) is 0. The SMILES string of the molecule is CCc1c(C)n[c-]c2nc(-n3n[c-]nc3NC(C)=O)[n-]c12.[V].[V].[V].[V].[V].[V].[V].[Y].[Y].[Y]. The Balaban J connectivity index is -0.0000000882. The maximum Gasteiger partial charge on any atom is 0.206 e. The summed E-state index contributed by atoms with van der Waals surface area (Å²) in [6.07, 6.45) is 6.08. The number of aryl methyl sites for hydroxylation is 2.